The van der Waals surface area contributed by atoms with Crippen LogP contribution in [0.2, 0.25) is 0 Å². The molecule has 80 valence electrons. The zero-order valence-electron chi connectivity index (χ0n) is 8.76. The van der Waals surface area contributed by atoms with E-state index in [0.717, 1.165) is 12.0 Å². The van der Waals surface area contributed by atoms with Gasteiger partial charge in [-0.15, -0.1) is 0 Å². The third-order valence-electron chi connectivity index (χ3n) is 2.48. The molecule has 0 bridgehead atoms. The molecule has 2 rings (SSSR count). The van der Waals surface area contributed by atoms with Gasteiger partial charge >= 0.3 is 5.97 Å². The predicted octanol–water partition coefficient (Wildman–Crippen LogP) is 2.82. The van der Waals surface area contributed by atoms with Crippen molar-refractivity contribution in [2.45, 2.75) is 6.42 Å². The summed E-state index contributed by atoms with van der Waals surface area (Å²) in [5.41, 5.74) is 3.42. The fourth-order valence-electron chi connectivity index (χ4n) is 1.70. The maximum Gasteiger partial charge on any atom is 0.328 e. The van der Waals surface area contributed by atoms with E-state index >= 15 is 0 Å². The van der Waals surface area contributed by atoms with Gasteiger partial charge in [0.05, 0.1) is 0 Å². The molecule has 0 radical (unpaired) electrons. The van der Waals surface area contributed by atoms with Crippen LogP contribution in [-0.4, -0.2) is 11.1 Å². The van der Waals surface area contributed by atoms with E-state index < -0.39 is 5.97 Å². The number of hydrogen-bond donors (Lipinski definition) is 1. The quantitative estimate of drug-likeness (QED) is 0.765. The number of fused-ring (bicyclic) bond motifs is 1. The number of benzene rings is 1. The van der Waals surface area contributed by atoms with E-state index in [1.807, 2.05) is 30.4 Å². The lowest BCUT2D eigenvalue weighted by Crippen LogP contribution is -1.92. The van der Waals surface area contributed by atoms with Crippen LogP contribution in [0.3, 0.4) is 0 Å². The maximum absolute atomic E-state index is 10.4. The lowest BCUT2D eigenvalue weighted by atomic mass is 10.0. The number of rotatable bonds is 2. The second-order valence-corrected chi connectivity index (χ2v) is 3.65. The van der Waals surface area contributed by atoms with Gasteiger partial charge in [0.25, 0.3) is 0 Å². The molecule has 0 unspecified atom stereocenters. The van der Waals surface area contributed by atoms with Crippen molar-refractivity contribution >= 4 is 12.0 Å². The minimum atomic E-state index is -0.914. The minimum Gasteiger partial charge on any atom is -0.478 e. The molecule has 1 N–H and O–H groups in total. The second-order valence-electron chi connectivity index (χ2n) is 3.65. The first-order chi connectivity index (χ1) is 7.75. The third kappa shape index (κ3) is 2.48. The molecule has 0 aliphatic heterocycles. The molecule has 0 spiro atoms. The number of hydrogen-bond acceptors (Lipinski definition) is 1. The highest BCUT2D eigenvalue weighted by atomic mass is 16.4. The Balaban J connectivity index is 2.26. The second kappa shape index (κ2) is 4.62. The molecule has 2 nitrogen and oxygen atoms in total. The first-order valence-corrected chi connectivity index (χ1v) is 5.12. The van der Waals surface area contributed by atoms with Crippen molar-refractivity contribution in [2.75, 3.05) is 0 Å². The van der Waals surface area contributed by atoms with Gasteiger partial charge in [-0.2, -0.15) is 0 Å². The molecular weight excluding hydrogens is 200 g/mol. The summed E-state index contributed by atoms with van der Waals surface area (Å²) in [6.07, 6.45) is 9.53. The van der Waals surface area contributed by atoms with Crippen molar-refractivity contribution in [3.8, 4) is 0 Å². The summed E-state index contributed by atoms with van der Waals surface area (Å²) in [6.45, 7) is 0. The molecule has 1 aromatic carbocycles. The van der Waals surface area contributed by atoms with E-state index in [0.29, 0.717) is 0 Å². The molecule has 1 aliphatic carbocycles. The Kier molecular flexibility index (Phi) is 3.01. The van der Waals surface area contributed by atoms with Crippen molar-refractivity contribution in [1.82, 2.24) is 0 Å². The van der Waals surface area contributed by atoms with Crippen LogP contribution < -0.4 is 0 Å². The van der Waals surface area contributed by atoms with E-state index in [9.17, 15) is 4.79 Å². The van der Waals surface area contributed by atoms with E-state index in [1.165, 1.54) is 17.2 Å². The Labute approximate surface area is 94.2 Å². The smallest absolute Gasteiger partial charge is 0.328 e. The molecule has 1 aromatic rings. The summed E-state index contributed by atoms with van der Waals surface area (Å²) in [5, 5.41) is 8.58. The Morgan fingerprint density at radius 3 is 2.94 bits per heavy atom. The molecule has 0 atom stereocenters. The fraction of sp³-hybridized carbons (Fsp3) is 0.0714. The van der Waals surface area contributed by atoms with Gasteiger partial charge < -0.3 is 5.11 Å². The Hall–Kier alpha value is -2.09. The highest BCUT2D eigenvalue weighted by molar-refractivity contribution is 5.80. The van der Waals surface area contributed by atoms with Gasteiger partial charge in [-0.05, 0) is 23.1 Å². The highest BCUT2D eigenvalue weighted by Gasteiger charge is 2.03. The normalized spacial score (nSPS) is 14.4. The molecule has 0 heterocycles. The third-order valence-corrected chi connectivity index (χ3v) is 2.48. The Bertz CT molecular complexity index is 493. The fourth-order valence-corrected chi connectivity index (χ4v) is 1.70. The molecule has 0 amide bonds. The largest absolute Gasteiger partial charge is 0.478 e. The van der Waals surface area contributed by atoms with Gasteiger partial charge in [0.15, 0.2) is 0 Å². The zero-order chi connectivity index (χ0) is 11.4. The summed E-state index contributed by atoms with van der Waals surface area (Å²) in [4.78, 5) is 10.4. The first kappa shape index (κ1) is 10.4. The average molecular weight is 212 g/mol. The van der Waals surface area contributed by atoms with Crippen LogP contribution in [0.5, 0.6) is 0 Å². The van der Waals surface area contributed by atoms with Crippen LogP contribution in [0, 0.1) is 0 Å². The lowest BCUT2D eigenvalue weighted by Gasteiger charge is -2.03. The van der Waals surface area contributed by atoms with Crippen LogP contribution in [0.1, 0.15) is 11.1 Å². The summed E-state index contributed by atoms with van der Waals surface area (Å²) < 4.78 is 0. The zero-order valence-corrected chi connectivity index (χ0v) is 8.76. The number of carbonyl (C=O) groups is 1. The van der Waals surface area contributed by atoms with Crippen molar-refractivity contribution < 1.29 is 9.90 Å². The van der Waals surface area contributed by atoms with E-state index in [1.54, 1.807) is 6.08 Å². The summed E-state index contributed by atoms with van der Waals surface area (Å²) in [6, 6.07) is 8.12. The van der Waals surface area contributed by atoms with Gasteiger partial charge in [-0.25, -0.2) is 4.79 Å². The Morgan fingerprint density at radius 1 is 1.31 bits per heavy atom. The maximum atomic E-state index is 10.4. The molecule has 0 saturated heterocycles. The van der Waals surface area contributed by atoms with Crippen LogP contribution in [-0.2, 0) is 11.2 Å². The molecule has 2 heteroatoms. The molecule has 1 aliphatic rings. The molecule has 0 aromatic heterocycles. The minimum absolute atomic E-state index is 0.771. The molecular formula is C14H12O2. The molecule has 16 heavy (non-hydrogen) atoms. The first-order valence-electron chi connectivity index (χ1n) is 5.12. The number of carboxylic acids is 1. The molecule has 0 saturated carbocycles. The average Bonchev–Trinajstić information content (AvgIpc) is 2.47. The van der Waals surface area contributed by atoms with Gasteiger partial charge in [-0.1, -0.05) is 48.6 Å². The number of carboxylic acid groups (broad SMARTS) is 1. The van der Waals surface area contributed by atoms with Gasteiger partial charge in [-0.3, -0.25) is 0 Å². The summed E-state index contributed by atoms with van der Waals surface area (Å²) >= 11 is 0. The lowest BCUT2D eigenvalue weighted by molar-refractivity contribution is -0.131. The van der Waals surface area contributed by atoms with Crippen molar-refractivity contribution in [3.05, 3.63) is 65.3 Å². The van der Waals surface area contributed by atoms with Gasteiger partial charge in [0.2, 0.25) is 0 Å². The Morgan fingerprint density at radius 2 is 2.12 bits per heavy atom. The van der Waals surface area contributed by atoms with Crippen LogP contribution >= 0.6 is 0 Å². The van der Waals surface area contributed by atoms with Gasteiger partial charge in [0.1, 0.15) is 0 Å². The summed E-state index contributed by atoms with van der Waals surface area (Å²) in [7, 11) is 0. The van der Waals surface area contributed by atoms with Crippen molar-refractivity contribution in [3.63, 3.8) is 0 Å². The van der Waals surface area contributed by atoms with E-state index in [-0.39, 0.29) is 0 Å². The molecule has 0 fully saturated rings. The topological polar surface area (TPSA) is 37.3 Å². The monoisotopic (exact) mass is 212 g/mol. The summed E-state index contributed by atoms with van der Waals surface area (Å²) in [5.74, 6) is -0.914. The number of allylic oxidation sites excluding steroid dienone is 4. The van der Waals surface area contributed by atoms with Crippen LogP contribution in [0.4, 0.5) is 0 Å². The van der Waals surface area contributed by atoms with Crippen molar-refractivity contribution in [2.24, 2.45) is 0 Å². The van der Waals surface area contributed by atoms with Crippen LogP contribution in [0.25, 0.3) is 6.08 Å². The standard InChI is InChI=1S/C14H12O2/c15-14(16)9-8-11-4-3-7-12-5-1-2-6-13(12)10-11/h1-9H,10H2,(H,15,16). The highest BCUT2D eigenvalue weighted by Crippen LogP contribution is 2.19. The van der Waals surface area contributed by atoms with Gasteiger partial charge in [0, 0.05) is 6.08 Å². The predicted molar refractivity (Wildman–Crippen MR) is 64.0 cm³/mol. The number of aliphatic carboxylic acids is 1. The van der Waals surface area contributed by atoms with E-state index in [4.69, 9.17) is 5.11 Å². The van der Waals surface area contributed by atoms with Crippen LogP contribution in [0.15, 0.2) is 54.1 Å². The SMILES string of the molecule is O=C(O)C=CC1=CC=Cc2ccccc2C1. The van der Waals surface area contributed by atoms with Crippen molar-refractivity contribution in [1.29, 1.82) is 0 Å². The van der Waals surface area contributed by atoms with E-state index in [2.05, 4.69) is 12.1 Å².